The van der Waals surface area contributed by atoms with Crippen LogP contribution in [0.1, 0.15) is 17.7 Å². The molecule has 3 N–H and O–H groups in total. The highest BCUT2D eigenvalue weighted by atomic mass is 32.1. The van der Waals surface area contributed by atoms with Gasteiger partial charge in [-0.15, -0.1) is 11.3 Å². The molecule has 1 aromatic carbocycles. The van der Waals surface area contributed by atoms with E-state index in [1.807, 2.05) is 17.5 Å². The van der Waals surface area contributed by atoms with Gasteiger partial charge in [-0.25, -0.2) is 4.39 Å². The Bertz CT molecular complexity index is 729. The van der Waals surface area contributed by atoms with E-state index in [9.17, 15) is 19.1 Å². The lowest BCUT2D eigenvalue weighted by molar-refractivity contribution is -0.137. The first-order chi connectivity index (χ1) is 11.5. The average Bonchev–Trinajstić information content (AvgIpc) is 3.29. The molecule has 0 bridgehead atoms. The summed E-state index contributed by atoms with van der Waals surface area (Å²) in [6.07, 6.45) is 1.79. The summed E-state index contributed by atoms with van der Waals surface area (Å²) >= 11 is 1.42. The van der Waals surface area contributed by atoms with Crippen LogP contribution in [0.3, 0.4) is 0 Å². The van der Waals surface area contributed by atoms with Crippen LogP contribution in [0.5, 0.6) is 0 Å². The van der Waals surface area contributed by atoms with Gasteiger partial charge in [0, 0.05) is 10.6 Å². The van der Waals surface area contributed by atoms with Crippen molar-refractivity contribution in [3.63, 3.8) is 0 Å². The molecule has 24 heavy (non-hydrogen) atoms. The first kappa shape index (κ1) is 16.6. The second-order valence-corrected chi connectivity index (χ2v) is 6.77. The van der Waals surface area contributed by atoms with Crippen LogP contribution in [0.2, 0.25) is 0 Å². The van der Waals surface area contributed by atoms with E-state index in [4.69, 9.17) is 0 Å². The van der Waals surface area contributed by atoms with Gasteiger partial charge in [-0.1, -0.05) is 6.07 Å². The van der Waals surface area contributed by atoms with Crippen LogP contribution in [0, 0.1) is 11.7 Å². The lowest BCUT2D eigenvalue weighted by Crippen LogP contribution is -2.45. The van der Waals surface area contributed by atoms with Gasteiger partial charge >= 0.3 is 11.8 Å². The third-order valence-corrected chi connectivity index (χ3v) is 5.06. The van der Waals surface area contributed by atoms with E-state index in [2.05, 4.69) is 10.6 Å². The molecule has 1 heterocycles. The molecule has 0 saturated heterocycles. The fraction of sp³-hybridized carbons (Fsp3) is 0.294. The number of rotatable bonds is 5. The minimum Gasteiger partial charge on any atom is -0.382 e. The molecule has 1 aliphatic carbocycles. The quantitative estimate of drug-likeness (QED) is 0.725. The number of aliphatic hydroxyl groups is 1. The Kier molecular flexibility index (Phi) is 4.64. The second kappa shape index (κ2) is 6.70. The number of carbonyl (C=O) groups is 2. The Balaban J connectivity index is 1.59. The van der Waals surface area contributed by atoms with E-state index in [1.165, 1.54) is 35.6 Å². The topological polar surface area (TPSA) is 78.4 Å². The molecule has 1 aliphatic rings. The SMILES string of the molecule is O=C(NCC(O)(c1cccs1)C1CC1)C(=O)Nc1ccc(F)cc1. The number of hydrogen-bond acceptors (Lipinski definition) is 4. The van der Waals surface area contributed by atoms with E-state index in [1.54, 1.807) is 0 Å². The van der Waals surface area contributed by atoms with Crippen molar-refractivity contribution in [2.75, 3.05) is 11.9 Å². The van der Waals surface area contributed by atoms with E-state index >= 15 is 0 Å². The van der Waals surface area contributed by atoms with Gasteiger partial charge in [0.05, 0.1) is 6.54 Å². The molecule has 0 spiro atoms. The van der Waals surface area contributed by atoms with Gasteiger partial charge in [0.25, 0.3) is 0 Å². The molecule has 7 heteroatoms. The minimum absolute atomic E-state index is 0.0200. The van der Waals surface area contributed by atoms with Crippen LogP contribution >= 0.6 is 11.3 Å². The third-order valence-electron chi connectivity index (χ3n) is 4.03. The molecule has 1 saturated carbocycles. The van der Waals surface area contributed by atoms with Crippen molar-refractivity contribution in [1.82, 2.24) is 5.32 Å². The maximum Gasteiger partial charge on any atom is 0.313 e. The Labute approximate surface area is 142 Å². The Morgan fingerprint density at radius 1 is 1.21 bits per heavy atom. The monoisotopic (exact) mass is 348 g/mol. The summed E-state index contributed by atoms with van der Waals surface area (Å²) in [4.78, 5) is 24.6. The Morgan fingerprint density at radius 2 is 1.92 bits per heavy atom. The molecule has 1 aromatic heterocycles. The molecular weight excluding hydrogens is 331 g/mol. The molecule has 0 radical (unpaired) electrons. The maximum atomic E-state index is 12.8. The Hall–Kier alpha value is -2.25. The van der Waals surface area contributed by atoms with Gasteiger partial charge in [0.2, 0.25) is 0 Å². The molecule has 126 valence electrons. The first-order valence-corrected chi connectivity index (χ1v) is 8.48. The van der Waals surface area contributed by atoms with Gasteiger partial charge < -0.3 is 15.7 Å². The Morgan fingerprint density at radius 3 is 2.50 bits per heavy atom. The van der Waals surface area contributed by atoms with Crippen LogP contribution in [0.25, 0.3) is 0 Å². The number of carbonyl (C=O) groups excluding carboxylic acids is 2. The predicted octanol–water partition coefficient (Wildman–Crippen LogP) is 2.24. The lowest BCUT2D eigenvalue weighted by Gasteiger charge is -2.27. The van der Waals surface area contributed by atoms with Crippen LogP contribution in [0.15, 0.2) is 41.8 Å². The van der Waals surface area contributed by atoms with E-state index in [0.717, 1.165) is 17.7 Å². The van der Waals surface area contributed by atoms with Crippen molar-refractivity contribution in [2.24, 2.45) is 5.92 Å². The number of anilines is 1. The van der Waals surface area contributed by atoms with E-state index in [0.29, 0.717) is 5.69 Å². The van der Waals surface area contributed by atoms with Gasteiger partial charge in [0.1, 0.15) is 11.4 Å². The van der Waals surface area contributed by atoms with E-state index < -0.39 is 23.2 Å². The van der Waals surface area contributed by atoms with Crippen molar-refractivity contribution in [3.05, 3.63) is 52.5 Å². The first-order valence-electron chi connectivity index (χ1n) is 7.60. The number of hydrogen-bond donors (Lipinski definition) is 3. The number of amides is 2. The zero-order chi connectivity index (χ0) is 17.2. The summed E-state index contributed by atoms with van der Waals surface area (Å²) < 4.78 is 12.8. The highest BCUT2D eigenvalue weighted by Gasteiger charge is 2.46. The smallest absolute Gasteiger partial charge is 0.313 e. The number of halogens is 1. The maximum absolute atomic E-state index is 12.8. The van der Waals surface area contributed by atoms with Crippen molar-refractivity contribution in [3.8, 4) is 0 Å². The van der Waals surface area contributed by atoms with Gasteiger partial charge in [0.15, 0.2) is 0 Å². The zero-order valence-electron chi connectivity index (χ0n) is 12.8. The van der Waals surface area contributed by atoms with Crippen molar-refractivity contribution >= 4 is 28.8 Å². The number of benzene rings is 1. The largest absolute Gasteiger partial charge is 0.382 e. The fourth-order valence-electron chi connectivity index (χ4n) is 2.53. The molecule has 0 aliphatic heterocycles. The van der Waals surface area contributed by atoms with Gasteiger partial charge in [-0.3, -0.25) is 9.59 Å². The van der Waals surface area contributed by atoms with Crippen molar-refractivity contribution < 1.29 is 19.1 Å². The summed E-state index contributed by atoms with van der Waals surface area (Å²) in [6, 6.07) is 8.79. The molecule has 1 atom stereocenters. The third kappa shape index (κ3) is 3.63. The second-order valence-electron chi connectivity index (χ2n) is 5.82. The van der Waals surface area contributed by atoms with Crippen molar-refractivity contribution in [2.45, 2.75) is 18.4 Å². The van der Waals surface area contributed by atoms with Gasteiger partial charge in [-0.05, 0) is 54.5 Å². The summed E-state index contributed by atoms with van der Waals surface area (Å²) in [5.41, 5.74) is -0.813. The van der Waals surface area contributed by atoms with Crippen molar-refractivity contribution in [1.29, 1.82) is 0 Å². The summed E-state index contributed by atoms with van der Waals surface area (Å²) in [5.74, 6) is -2.03. The lowest BCUT2D eigenvalue weighted by atomic mass is 9.95. The average molecular weight is 348 g/mol. The summed E-state index contributed by atoms with van der Waals surface area (Å²) in [5, 5.41) is 17.6. The van der Waals surface area contributed by atoms with Gasteiger partial charge in [-0.2, -0.15) is 0 Å². The molecule has 1 unspecified atom stereocenters. The summed E-state index contributed by atoms with van der Waals surface area (Å²) in [6.45, 7) is -0.0200. The van der Waals surface area contributed by atoms with Crippen LogP contribution in [-0.4, -0.2) is 23.5 Å². The fourth-order valence-corrected chi connectivity index (χ4v) is 3.44. The van der Waals surface area contributed by atoms with Crippen LogP contribution < -0.4 is 10.6 Å². The number of thiophene rings is 1. The molecule has 1 fully saturated rings. The molecule has 2 amide bonds. The molecule has 2 aromatic rings. The predicted molar refractivity (Wildman–Crippen MR) is 89.0 cm³/mol. The summed E-state index contributed by atoms with van der Waals surface area (Å²) in [7, 11) is 0. The highest BCUT2D eigenvalue weighted by molar-refractivity contribution is 7.10. The normalized spacial score (nSPS) is 16.2. The minimum atomic E-state index is -1.14. The molecule has 5 nitrogen and oxygen atoms in total. The van der Waals surface area contributed by atoms with Crippen LogP contribution in [-0.2, 0) is 15.2 Å². The number of nitrogens with one attached hydrogen (secondary N) is 2. The molecule has 3 rings (SSSR count). The standard InChI is InChI=1S/C17H17FN2O3S/c18-12-5-7-13(8-6-12)20-16(22)15(21)19-10-17(23,11-3-4-11)14-2-1-9-24-14/h1-2,5-9,11,23H,3-4,10H2,(H,19,21)(H,20,22). The highest BCUT2D eigenvalue weighted by Crippen LogP contribution is 2.46. The van der Waals surface area contributed by atoms with E-state index in [-0.39, 0.29) is 12.5 Å². The molecular formula is C17H17FN2O3S. The zero-order valence-corrected chi connectivity index (χ0v) is 13.6. The van der Waals surface area contributed by atoms with Crippen LogP contribution in [0.4, 0.5) is 10.1 Å².